The highest BCUT2D eigenvalue weighted by molar-refractivity contribution is 6.04. The molecule has 1 aliphatic rings. The van der Waals surface area contributed by atoms with E-state index >= 15 is 0 Å². The number of benzene rings is 2. The smallest absolute Gasteiger partial charge is 0.238 e. The maximum atomic E-state index is 13.1. The maximum Gasteiger partial charge on any atom is 0.238 e. The van der Waals surface area contributed by atoms with Crippen molar-refractivity contribution in [3.05, 3.63) is 59.2 Å². The summed E-state index contributed by atoms with van der Waals surface area (Å²) >= 11 is 0. The molecule has 0 bridgehead atoms. The summed E-state index contributed by atoms with van der Waals surface area (Å²) in [6, 6.07) is 13.6. The Balaban J connectivity index is 1.64. The number of carbonyl (C=O) groups excluding carboxylic acids is 2. The molecule has 0 aromatic heterocycles. The molecule has 2 amide bonds. The van der Waals surface area contributed by atoms with Crippen LogP contribution < -0.4 is 14.8 Å². The molecule has 0 aliphatic carbocycles. The van der Waals surface area contributed by atoms with Crippen molar-refractivity contribution < 1.29 is 19.1 Å². The minimum atomic E-state index is -1.15. The number of fused-ring (bicyclic) bond motifs is 1. The topological polar surface area (TPSA) is 67.9 Å². The molecule has 2 aromatic rings. The molecule has 1 aliphatic heterocycles. The predicted octanol–water partition coefficient (Wildman–Crippen LogP) is 2.93. The van der Waals surface area contributed by atoms with E-state index in [1.54, 1.807) is 39.0 Å². The molecule has 0 atom stereocenters. The highest BCUT2D eigenvalue weighted by atomic mass is 16.5. The van der Waals surface area contributed by atoms with Crippen LogP contribution in [0.5, 0.6) is 11.5 Å². The lowest BCUT2D eigenvalue weighted by molar-refractivity contribution is -0.149. The van der Waals surface area contributed by atoms with Crippen LogP contribution in [0.15, 0.2) is 42.5 Å². The van der Waals surface area contributed by atoms with E-state index in [2.05, 4.69) is 11.4 Å². The van der Waals surface area contributed by atoms with Gasteiger partial charge in [-0.05, 0) is 49.1 Å². The largest absolute Gasteiger partial charge is 0.493 e. The molecule has 0 saturated heterocycles. The molecule has 0 saturated carbocycles. The third-order valence-electron chi connectivity index (χ3n) is 5.42. The van der Waals surface area contributed by atoms with Crippen LogP contribution in [0.2, 0.25) is 0 Å². The van der Waals surface area contributed by atoms with Crippen molar-refractivity contribution in [2.75, 3.05) is 20.8 Å². The number of ether oxygens (including phenoxy) is 2. The summed E-state index contributed by atoms with van der Waals surface area (Å²) in [5.41, 5.74) is 2.13. The highest BCUT2D eigenvalue weighted by Gasteiger charge is 2.39. The van der Waals surface area contributed by atoms with Gasteiger partial charge in [-0.1, -0.05) is 30.3 Å². The number of carbonyl (C=O) groups is 2. The minimum absolute atomic E-state index is 0.156. The lowest BCUT2D eigenvalue weighted by Crippen LogP contribution is -2.50. The van der Waals surface area contributed by atoms with Crippen LogP contribution in [-0.2, 0) is 29.1 Å². The second-order valence-corrected chi connectivity index (χ2v) is 7.74. The van der Waals surface area contributed by atoms with E-state index in [1.807, 2.05) is 30.3 Å². The van der Waals surface area contributed by atoms with Crippen LogP contribution in [0, 0.1) is 5.41 Å². The number of amides is 2. The predicted molar refractivity (Wildman–Crippen MR) is 111 cm³/mol. The first-order valence-electron chi connectivity index (χ1n) is 9.72. The molecule has 0 radical (unpaired) electrons. The zero-order valence-electron chi connectivity index (χ0n) is 17.5. The molecular formula is C23H28N2O4. The average Bonchev–Trinajstić information content (AvgIpc) is 2.76. The number of nitrogens with one attached hydrogen (secondary N) is 1. The first kappa shape index (κ1) is 20.7. The average molecular weight is 396 g/mol. The molecular weight excluding hydrogens is 368 g/mol. The Kier molecular flexibility index (Phi) is 6.11. The monoisotopic (exact) mass is 396 g/mol. The first-order chi connectivity index (χ1) is 13.9. The van der Waals surface area contributed by atoms with E-state index in [1.165, 1.54) is 5.56 Å². The van der Waals surface area contributed by atoms with Gasteiger partial charge in [0.1, 0.15) is 5.41 Å². The Morgan fingerprint density at radius 1 is 1.03 bits per heavy atom. The third-order valence-corrected chi connectivity index (χ3v) is 5.42. The van der Waals surface area contributed by atoms with Crippen molar-refractivity contribution in [2.45, 2.75) is 33.4 Å². The molecule has 0 unspecified atom stereocenters. The van der Waals surface area contributed by atoms with Crippen molar-refractivity contribution in [2.24, 2.45) is 5.41 Å². The third kappa shape index (κ3) is 4.36. The fourth-order valence-electron chi connectivity index (χ4n) is 3.56. The van der Waals surface area contributed by atoms with Crippen LogP contribution in [0.25, 0.3) is 0 Å². The molecule has 154 valence electrons. The van der Waals surface area contributed by atoms with Crippen molar-refractivity contribution in [3.63, 3.8) is 0 Å². The summed E-state index contributed by atoms with van der Waals surface area (Å²) in [5.74, 6) is 0.776. The van der Waals surface area contributed by atoms with Gasteiger partial charge in [0.05, 0.1) is 14.2 Å². The summed E-state index contributed by atoms with van der Waals surface area (Å²) in [4.78, 5) is 27.7. The van der Waals surface area contributed by atoms with Gasteiger partial charge in [0, 0.05) is 19.6 Å². The van der Waals surface area contributed by atoms with Gasteiger partial charge in [-0.25, -0.2) is 0 Å². The molecule has 6 nitrogen and oxygen atoms in total. The standard InChI is InChI=1S/C23H28N2O4/c1-23(2,22(27)25-12-11-17-7-5-6-8-18(17)15-25)21(26)24-14-16-9-10-19(28-3)20(13-16)29-4/h5-10,13H,11-12,14-15H2,1-4H3,(H,24,26). The molecule has 6 heteroatoms. The van der Waals surface area contributed by atoms with Gasteiger partial charge in [0.25, 0.3) is 0 Å². The molecule has 2 aromatic carbocycles. The Labute approximate surface area is 171 Å². The molecule has 0 fully saturated rings. The first-order valence-corrected chi connectivity index (χ1v) is 9.72. The van der Waals surface area contributed by atoms with Gasteiger partial charge in [-0.15, -0.1) is 0 Å². The van der Waals surface area contributed by atoms with E-state index < -0.39 is 5.41 Å². The van der Waals surface area contributed by atoms with Crippen LogP contribution in [0.4, 0.5) is 0 Å². The Hall–Kier alpha value is -3.02. The summed E-state index contributed by atoms with van der Waals surface area (Å²) in [7, 11) is 3.14. The second-order valence-electron chi connectivity index (χ2n) is 7.74. The van der Waals surface area contributed by atoms with Gasteiger partial charge in [-0.3, -0.25) is 9.59 Å². The lowest BCUT2D eigenvalue weighted by Gasteiger charge is -2.34. The number of methoxy groups -OCH3 is 2. The van der Waals surface area contributed by atoms with E-state index in [9.17, 15) is 9.59 Å². The fraction of sp³-hybridized carbons (Fsp3) is 0.391. The van der Waals surface area contributed by atoms with Crippen molar-refractivity contribution in [1.82, 2.24) is 10.2 Å². The SMILES string of the molecule is COc1ccc(CNC(=O)C(C)(C)C(=O)N2CCc3ccccc3C2)cc1OC. The summed E-state index contributed by atoms with van der Waals surface area (Å²) in [6.07, 6.45) is 0.811. The van der Waals surface area contributed by atoms with Gasteiger partial charge < -0.3 is 19.7 Å². The van der Waals surface area contributed by atoms with Crippen molar-refractivity contribution in [1.29, 1.82) is 0 Å². The minimum Gasteiger partial charge on any atom is -0.493 e. The van der Waals surface area contributed by atoms with Gasteiger partial charge in [-0.2, -0.15) is 0 Å². The Bertz CT molecular complexity index is 908. The highest BCUT2D eigenvalue weighted by Crippen LogP contribution is 2.28. The van der Waals surface area contributed by atoms with Crippen LogP contribution >= 0.6 is 0 Å². The van der Waals surface area contributed by atoms with Gasteiger partial charge >= 0.3 is 0 Å². The number of hydrogen-bond acceptors (Lipinski definition) is 4. The summed E-state index contributed by atoms with van der Waals surface area (Å²) in [5, 5.41) is 2.88. The van der Waals surface area contributed by atoms with Crippen molar-refractivity contribution in [3.8, 4) is 11.5 Å². The van der Waals surface area contributed by atoms with Crippen LogP contribution in [-0.4, -0.2) is 37.5 Å². The van der Waals surface area contributed by atoms with E-state index in [-0.39, 0.29) is 11.8 Å². The zero-order chi connectivity index (χ0) is 21.0. The molecule has 29 heavy (non-hydrogen) atoms. The normalized spacial score (nSPS) is 13.4. The summed E-state index contributed by atoms with van der Waals surface area (Å²) < 4.78 is 10.5. The lowest BCUT2D eigenvalue weighted by atomic mass is 9.88. The quantitative estimate of drug-likeness (QED) is 0.763. The van der Waals surface area contributed by atoms with E-state index in [4.69, 9.17) is 9.47 Å². The molecule has 1 heterocycles. The van der Waals surface area contributed by atoms with Crippen LogP contribution in [0.3, 0.4) is 0 Å². The van der Waals surface area contributed by atoms with Crippen LogP contribution in [0.1, 0.15) is 30.5 Å². The molecule has 0 spiro atoms. The van der Waals surface area contributed by atoms with E-state index in [0.717, 1.165) is 17.5 Å². The van der Waals surface area contributed by atoms with Gasteiger partial charge in [0.15, 0.2) is 11.5 Å². The van der Waals surface area contributed by atoms with Crippen molar-refractivity contribution >= 4 is 11.8 Å². The fourth-order valence-corrected chi connectivity index (χ4v) is 3.56. The maximum absolute atomic E-state index is 13.1. The second kappa shape index (κ2) is 8.55. The molecule has 1 N–H and O–H groups in total. The number of rotatable bonds is 6. The van der Waals surface area contributed by atoms with Gasteiger partial charge in [0.2, 0.25) is 11.8 Å². The molecule has 3 rings (SSSR count). The Morgan fingerprint density at radius 3 is 2.41 bits per heavy atom. The van der Waals surface area contributed by atoms with E-state index in [0.29, 0.717) is 31.1 Å². The number of hydrogen-bond donors (Lipinski definition) is 1. The summed E-state index contributed by atoms with van der Waals surface area (Å²) in [6.45, 7) is 4.84. The number of nitrogens with zero attached hydrogens (tertiary/aromatic N) is 1. The Morgan fingerprint density at radius 2 is 1.72 bits per heavy atom. The zero-order valence-corrected chi connectivity index (χ0v) is 17.5.